The van der Waals surface area contributed by atoms with Crippen molar-refractivity contribution < 1.29 is 9.53 Å². The van der Waals surface area contributed by atoms with Crippen LogP contribution in [-0.4, -0.2) is 17.9 Å². The van der Waals surface area contributed by atoms with Gasteiger partial charge in [-0.15, -0.1) is 0 Å². The molecule has 0 fully saturated rings. The summed E-state index contributed by atoms with van der Waals surface area (Å²) in [6.07, 6.45) is 3.20. The summed E-state index contributed by atoms with van der Waals surface area (Å²) in [5, 5.41) is 0.656. The van der Waals surface area contributed by atoms with Crippen molar-refractivity contribution in [3.05, 3.63) is 56.9 Å². The van der Waals surface area contributed by atoms with Gasteiger partial charge < -0.3 is 4.74 Å². The van der Waals surface area contributed by atoms with E-state index in [4.69, 9.17) is 16.3 Å². The number of pyridine rings is 1. The predicted octanol–water partition coefficient (Wildman–Crippen LogP) is 3.69. The van der Waals surface area contributed by atoms with E-state index >= 15 is 0 Å². The zero-order valence-corrected chi connectivity index (χ0v) is 13.0. The van der Waals surface area contributed by atoms with E-state index < -0.39 is 0 Å². The van der Waals surface area contributed by atoms with E-state index in [2.05, 4.69) is 4.98 Å². The molecule has 0 radical (unpaired) electrons. The van der Waals surface area contributed by atoms with Crippen LogP contribution in [0, 0.1) is 13.8 Å². The fourth-order valence-corrected chi connectivity index (χ4v) is 3.12. The number of nitrogens with zero attached hydrogens (tertiary/aromatic N) is 1. The lowest BCUT2D eigenvalue weighted by atomic mass is 9.97. The molecule has 0 N–H and O–H groups in total. The highest BCUT2D eigenvalue weighted by Gasteiger charge is 2.28. The van der Waals surface area contributed by atoms with Crippen molar-refractivity contribution in [1.29, 1.82) is 0 Å². The van der Waals surface area contributed by atoms with E-state index in [1.807, 2.05) is 26.0 Å². The zero-order valence-electron chi connectivity index (χ0n) is 12.3. The number of aromatic nitrogens is 1. The van der Waals surface area contributed by atoms with Gasteiger partial charge in [-0.05, 0) is 55.0 Å². The topological polar surface area (TPSA) is 39.2 Å². The molecular weight excluding hydrogens is 286 g/mol. The normalized spacial score (nSPS) is 13.4. The maximum Gasteiger partial charge on any atom is 0.215 e. The van der Waals surface area contributed by atoms with Crippen LogP contribution in [0.5, 0.6) is 5.75 Å². The second kappa shape index (κ2) is 5.15. The first-order valence-electron chi connectivity index (χ1n) is 6.89. The number of carbonyl (C=O) groups is 1. The first kappa shape index (κ1) is 14.1. The molecule has 1 aliphatic rings. The molecule has 0 bridgehead atoms. The van der Waals surface area contributed by atoms with Crippen LogP contribution in [0.4, 0.5) is 0 Å². The van der Waals surface area contributed by atoms with Crippen molar-refractivity contribution in [2.24, 2.45) is 0 Å². The van der Waals surface area contributed by atoms with Crippen LogP contribution < -0.4 is 4.74 Å². The Labute approximate surface area is 128 Å². The van der Waals surface area contributed by atoms with Gasteiger partial charge in [0.25, 0.3) is 0 Å². The molecule has 4 heteroatoms. The summed E-state index contributed by atoms with van der Waals surface area (Å²) < 4.78 is 5.41. The highest BCUT2D eigenvalue weighted by atomic mass is 35.5. The van der Waals surface area contributed by atoms with Gasteiger partial charge in [0.1, 0.15) is 11.4 Å². The van der Waals surface area contributed by atoms with E-state index in [9.17, 15) is 4.79 Å². The number of ketones is 1. The maximum absolute atomic E-state index is 12.9. The molecule has 0 amide bonds. The highest BCUT2D eigenvalue weighted by molar-refractivity contribution is 6.33. The van der Waals surface area contributed by atoms with Crippen LogP contribution in [0.2, 0.25) is 5.02 Å². The molecule has 1 heterocycles. The first-order chi connectivity index (χ1) is 10.0. The molecule has 1 aromatic heterocycles. The third-order valence-corrected chi connectivity index (χ3v) is 4.44. The van der Waals surface area contributed by atoms with Gasteiger partial charge in [0.2, 0.25) is 5.78 Å². The molecule has 0 atom stereocenters. The summed E-state index contributed by atoms with van der Waals surface area (Å²) in [6.45, 7) is 3.91. The number of rotatable bonds is 1. The summed E-state index contributed by atoms with van der Waals surface area (Å²) >= 11 is 6.42. The van der Waals surface area contributed by atoms with E-state index in [0.717, 1.165) is 35.1 Å². The largest absolute Gasteiger partial charge is 0.496 e. The van der Waals surface area contributed by atoms with Crippen LogP contribution >= 0.6 is 11.6 Å². The average molecular weight is 302 g/mol. The van der Waals surface area contributed by atoms with Crippen LogP contribution in [0.3, 0.4) is 0 Å². The predicted molar refractivity (Wildman–Crippen MR) is 82.6 cm³/mol. The lowest BCUT2D eigenvalue weighted by Crippen LogP contribution is -2.09. The van der Waals surface area contributed by atoms with Crippen LogP contribution in [0.15, 0.2) is 18.3 Å². The SMILES string of the molecule is COc1cc(C)c(Cl)c2c1C(=O)c1ncc(C)cc1CC2. The van der Waals surface area contributed by atoms with E-state index in [-0.39, 0.29) is 5.78 Å². The third kappa shape index (κ3) is 2.22. The number of halogens is 1. The highest BCUT2D eigenvalue weighted by Crippen LogP contribution is 2.36. The summed E-state index contributed by atoms with van der Waals surface area (Å²) in [5.74, 6) is 0.475. The Bertz CT molecular complexity index is 753. The smallest absolute Gasteiger partial charge is 0.215 e. The van der Waals surface area contributed by atoms with Crippen LogP contribution in [-0.2, 0) is 12.8 Å². The number of benzene rings is 1. The van der Waals surface area contributed by atoms with E-state index in [1.54, 1.807) is 13.3 Å². The Balaban J connectivity index is 2.28. The summed E-state index contributed by atoms with van der Waals surface area (Å²) in [7, 11) is 1.57. The number of hydrogen-bond donors (Lipinski definition) is 0. The molecule has 0 spiro atoms. The lowest BCUT2D eigenvalue weighted by molar-refractivity contribution is 0.103. The van der Waals surface area contributed by atoms with Gasteiger partial charge in [0.05, 0.1) is 12.7 Å². The summed E-state index contributed by atoms with van der Waals surface area (Å²) in [5.41, 5.74) is 4.90. The number of ether oxygens (including phenoxy) is 1. The second-order valence-electron chi connectivity index (χ2n) is 5.41. The molecule has 0 saturated heterocycles. The molecule has 0 saturated carbocycles. The molecule has 1 aromatic carbocycles. The van der Waals surface area contributed by atoms with Gasteiger partial charge in [-0.25, -0.2) is 0 Å². The zero-order chi connectivity index (χ0) is 15.1. The lowest BCUT2D eigenvalue weighted by Gasteiger charge is -2.14. The van der Waals surface area contributed by atoms with Gasteiger partial charge in [0.15, 0.2) is 0 Å². The molecule has 0 unspecified atom stereocenters. The van der Waals surface area contributed by atoms with Crippen LogP contribution in [0.1, 0.15) is 38.3 Å². The van der Waals surface area contributed by atoms with Crippen molar-refractivity contribution in [1.82, 2.24) is 4.98 Å². The minimum absolute atomic E-state index is 0.101. The van der Waals surface area contributed by atoms with Gasteiger partial charge in [-0.1, -0.05) is 17.7 Å². The first-order valence-corrected chi connectivity index (χ1v) is 7.27. The summed E-state index contributed by atoms with van der Waals surface area (Å²) in [4.78, 5) is 17.2. The Hall–Kier alpha value is -1.87. The third-order valence-electron chi connectivity index (χ3n) is 3.92. The molecule has 1 aliphatic carbocycles. The Morgan fingerprint density at radius 2 is 2.00 bits per heavy atom. The number of hydrogen-bond acceptors (Lipinski definition) is 3. The van der Waals surface area contributed by atoms with Crippen molar-refractivity contribution in [2.75, 3.05) is 7.11 Å². The maximum atomic E-state index is 12.9. The fraction of sp³-hybridized carbons (Fsp3) is 0.294. The number of methoxy groups -OCH3 is 1. The van der Waals surface area contributed by atoms with Crippen molar-refractivity contribution >= 4 is 17.4 Å². The Morgan fingerprint density at radius 3 is 2.71 bits per heavy atom. The fourth-order valence-electron chi connectivity index (χ4n) is 2.88. The van der Waals surface area contributed by atoms with Gasteiger partial charge in [0, 0.05) is 11.2 Å². The van der Waals surface area contributed by atoms with E-state index in [0.29, 0.717) is 22.0 Å². The minimum atomic E-state index is -0.101. The monoisotopic (exact) mass is 301 g/mol. The van der Waals surface area contributed by atoms with Crippen LogP contribution in [0.25, 0.3) is 0 Å². The molecular formula is C17H16ClNO2. The number of aryl methyl sites for hydroxylation is 3. The van der Waals surface area contributed by atoms with Crippen molar-refractivity contribution in [3.8, 4) is 5.75 Å². The molecule has 3 nitrogen and oxygen atoms in total. The average Bonchev–Trinajstić information content (AvgIpc) is 2.60. The molecule has 3 rings (SSSR count). The van der Waals surface area contributed by atoms with Gasteiger partial charge >= 0.3 is 0 Å². The molecule has 2 aromatic rings. The van der Waals surface area contributed by atoms with E-state index in [1.165, 1.54) is 0 Å². The van der Waals surface area contributed by atoms with Gasteiger partial charge in [-0.3, -0.25) is 9.78 Å². The Kier molecular flexibility index (Phi) is 3.46. The number of carbonyl (C=O) groups excluding carboxylic acids is 1. The quantitative estimate of drug-likeness (QED) is 0.806. The minimum Gasteiger partial charge on any atom is -0.496 e. The van der Waals surface area contributed by atoms with Crippen molar-refractivity contribution in [3.63, 3.8) is 0 Å². The Morgan fingerprint density at radius 1 is 1.24 bits per heavy atom. The van der Waals surface area contributed by atoms with Gasteiger partial charge in [-0.2, -0.15) is 0 Å². The standard InChI is InChI=1S/C17H16ClNO2/c1-9-6-11-4-5-12-14(17(20)16(11)19-8-9)13(21-3)7-10(2)15(12)18/h6-8H,4-5H2,1-3H3. The molecule has 108 valence electrons. The number of fused-ring (bicyclic) bond motifs is 2. The molecule has 21 heavy (non-hydrogen) atoms. The summed E-state index contributed by atoms with van der Waals surface area (Å²) in [6, 6.07) is 3.84. The molecule has 0 aliphatic heterocycles. The van der Waals surface area contributed by atoms with Crippen molar-refractivity contribution in [2.45, 2.75) is 26.7 Å². The second-order valence-corrected chi connectivity index (χ2v) is 5.79.